The highest BCUT2D eigenvalue weighted by molar-refractivity contribution is 7.92. The average molecular weight is 478 g/mol. The van der Waals surface area contributed by atoms with Gasteiger partial charge in [-0.05, 0) is 30.7 Å². The number of nitrogens with one attached hydrogen (secondary N) is 3. The van der Waals surface area contributed by atoms with E-state index in [1.165, 1.54) is 63.0 Å². The summed E-state index contributed by atoms with van der Waals surface area (Å²) < 4.78 is 39.0. The van der Waals surface area contributed by atoms with Crippen LogP contribution in [0.3, 0.4) is 0 Å². The zero-order chi connectivity index (χ0) is 23.5. The van der Waals surface area contributed by atoms with Crippen molar-refractivity contribution in [3.63, 3.8) is 0 Å². The quantitative estimate of drug-likeness (QED) is 0.478. The summed E-state index contributed by atoms with van der Waals surface area (Å²) in [6.45, 7) is 1.59. The number of amides is 1. The molecule has 0 aliphatic carbocycles. The monoisotopic (exact) mass is 477 g/mol. The first-order valence-corrected chi connectivity index (χ1v) is 11.1. The van der Waals surface area contributed by atoms with E-state index in [-0.39, 0.29) is 38.0 Å². The van der Waals surface area contributed by atoms with Crippen molar-refractivity contribution in [3.8, 4) is 11.5 Å². The zero-order valence-electron chi connectivity index (χ0n) is 17.4. The number of hydrogen-bond acceptors (Lipinski definition) is 6. The fourth-order valence-electron chi connectivity index (χ4n) is 2.88. The minimum absolute atomic E-state index is 0.0400. The molecule has 32 heavy (non-hydrogen) atoms. The molecule has 0 saturated carbocycles. The van der Waals surface area contributed by atoms with Gasteiger partial charge in [0.1, 0.15) is 17.2 Å². The molecular formula is C21H20ClN3O6S. The lowest BCUT2D eigenvalue weighted by Crippen LogP contribution is -2.20. The molecular weight excluding hydrogens is 458 g/mol. The van der Waals surface area contributed by atoms with Crippen molar-refractivity contribution in [1.29, 1.82) is 0 Å². The molecule has 0 unspecified atom stereocenters. The Morgan fingerprint density at radius 2 is 1.75 bits per heavy atom. The molecule has 168 valence electrons. The summed E-state index contributed by atoms with van der Waals surface area (Å²) in [5, 5.41) is 2.65. The molecule has 0 aliphatic rings. The molecule has 2 aromatic carbocycles. The van der Waals surface area contributed by atoms with E-state index in [1.807, 2.05) is 0 Å². The van der Waals surface area contributed by atoms with Crippen LogP contribution in [0.1, 0.15) is 15.9 Å². The van der Waals surface area contributed by atoms with Gasteiger partial charge < -0.3 is 19.8 Å². The van der Waals surface area contributed by atoms with Crippen molar-refractivity contribution in [2.45, 2.75) is 11.8 Å². The van der Waals surface area contributed by atoms with Crippen molar-refractivity contribution in [3.05, 3.63) is 75.2 Å². The third kappa shape index (κ3) is 4.87. The van der Waals surface area contributed by atoms with Crippen molar-refractivity contribution in [2.24, 2.45) is 0 Å². The number of aryl methyl sites for hydroxylation is 1. The Balaban J connectivity index is 1.95. The molecule has 1 heterocycles. The summed E-state index contributed by atoms with van der Waals surface area (Å²) in [5.41, 5.74) is 0.216. The van der Waals surface area contributed by atoms with Gasteiger partial charge >= 0.3 is 0 Å². The maximum absolute atomic E-state index is 13.1. The van der Waals surface area contributed by atoms with Gasteiger partial charge in [-0.25, -0.2) is 8.42 Å². The zero-order valence-corrected chi connectivity index (χ0v) is 18.9. The smallest absolute Gasteiger partial charge is 0.262 e. The summed E-state index contributed by atoms with van der Waals surface area (Å²) in [6, 6.07) is 8.26. The predicted octanol–water partition coefficient (Wildman–Crippen LogP) is 3.41. The third-order valence-corrected chi connectivity index (χ3v) is 6.33. The summed E-state index contributed by atoms with van der Waals surface area (Å²) >= 11 is 6.12. The highest BCUT2D eigenvalue weighted by Crippen LogP contribution is 2.37. The van der Waals surface area contributed by atoms with Crippen LogP contribution in [0.15, 0.2) is 58.5 Å². The number of carbonyl (C=O) groups excluding carboxylic acids is 1. The number of halogens is 1. The fourth-order valence-corrected chi connectivity index (χ4v) is 4.45. The van der Waals surface area contributed by atoms with Crippen molar-refractivity contribution >= 4 is 38.9 Å². The van der Waals surface area contributed by atoms with E-state index in [1.54, 1.807) is 6.92 Å². The maximum atomic E-state index is 13.1. The molecule has 1 aromatic heterocycles. The number of ether oxygens (including phenoxy) is 2. The number of aromatic amines is 1. The number of carbonyl (C=O) groups is 1. The van der Waals surface area contributed by atoms with Crippen LogP contribution in [0.5, 0.6) is 11.5 Å². The molecule has 0 saturated heterocycles. The maximum Gasteiger partial charge on any atom is 0.262 e. The molecule has 0 aliphatic heterocycles. The molecule has 3 aromatic rings. The van der Waals surface area contributed by atoms with E-state index in [9.17, 15) is 18.0 Å². The number of rotatable bonds is 7. The van der Waals surface area contributed by atoms with Gasteiger partial charge in [0.05, 0.1) is 29.8 Å². The number of aromatic nitrogens is 1. The van der Waals surface area contributed by atoms with Gasteiger partial charge in [0.2, 0.25) is 5.43 Å². The van der Waals surface area contributed by atoms with E-state index >= 15 is 0 Å². The van der Waals surface area contributed by atoms with Gasteiger partial charge in [0.15, 0.2) is 0 Å². The van der Waals surface area contributed by atoms with Gasteiger partial charge in [0, 0.05) is 30.1 Å². The first-order chi connectivity index (χ1) is 15.2. The third-order valence-electron chi connectivity index (χ3n) is 4.53. The standard InChI is InChI=1S/C21H20ClN3O6S/c1-12-4-5-13(21(27)24-16-11-23-7-6-17(16)26)8-20(12)32(28,29)25-15-9-14(22)18(30-2)10-19(15)31-3/h4-11,25H,1-3H3,(H,23,26)(H,24,27). The molecule has 0 fully saturated rings. The Morgan fingerprint density at radius 1 is 1.03 bits per heavy atom. The van der Waals surface area contributed by atoms with E-state index < -0.39 is 15.9 Å². The van der Waals surface area contributed by atoms with Gasteiger partial charge in [-0.2, -0.15) is 0 Å². The van der Waals surface area contributed by atoms with Gasteiger partial charge in [0.25, 0.3) is 15.9 Å². The number of H-pyrrole nitrogens is 1. The van der Waals surface area contributed by atoms with Crippen LogP contribution in [0.25, 0.3) is 0 Å². The van der Waals surface area contributed by atoms with Crippen LogP contribution in [0, 0.1) is 6.92 Å². The largest absolute Gasteiger partial charge is 0.495 e. The summed E-state index contributed by atoms with van der Waals surface area (Å²) in [5.74, 6) is -0.120. The van der Waals surface area contributed by atoms with Crippen LogP contribution in [-0.2, 0) is 10.0 Å². The molecule has 9 nitrogen and oxygen atoms in total. The number of anilines is 2. The number of benzene rings is 2. The fraction of sp³-hybridized carbons (Fsp3) is 0.143. The molecule has 0 atom stereocenters. The first kappa shape index (κ1) is 23.2. The highest BCUT2D eigenvalue weighted by Gasteiger charge is 2.22. The molecule has 1 amide bonds. The summed E-state index contributed by atoms with van der Waals surface area (Å²) in [4.78, 5) is 27.0. The molecule has 0 radical (unpaired) electrons. The number of sulfonamides is 1. The van der Waals surface area contributed by atoms with Gasteiger partial charge in [-0.1, -0.05) is 17.7 Å². The van der Waals surface area contributed by atoms with E-state index in [4.69, 9.17) is 21.1 Å². The Kier molecular flexibility index (Phi) is 6.75. The second kappa shape index (κ2) is 9.33. The van der Waals surface area contributed by atoms with Crippen molar-refractivity contribution < 1.29 is 22.7 Å². The number of methoxy groups -OCH3 is 2. The second-order valence-corrected chi connectivity index (χ2v) is 8.71. The van der Waals surface area contributed by atoms with Gasteiger partial charge in [-0.3, -0.25) is 14.3 Å². The van der Waals surface area contributed by atoms with E-state index in [0.29, 0.717) is 11.3 Å². The average Bonchev–Trinajstić information content (AvgIpc) is 2.75. The molecule has 3 rings (SSSR count). The summed E-state index contributed by atoms with van der Waals surface area (Å²) in [6.07, 6.45) is 2.77. The Bertz CT molecular complexity index is 1340. The van der Waals surface area contributed by atoms with E-state index in [0.717, 1.165) is 0 Å². The minimum Gasteiger partial charge on any atom is -0.495 e. The first-order valence-electron chi connectivity index (χ1n) is 9.19. The molecule has 11 heteroatoms. The van der Waals surface area contributed by atoms with Crippen LogP contribution < -0.4 is 24.9 Å². The minimum atomic E-state index is -4.13. The van der Waals surface area contributed by atoms with Crippen molar-refractivity contribution in [1.82, 2.24) is 4.98 Å². The van der Waals surface area contributed by atoms with Crippen LogP contribution in [0.2, 0.25) is 5.02 Å². The predicted molar refractivity (Wildman–Crippen MR) is 122 cm³/mol. The van der Waals surface area contributed by atoms with E-state index in [2.05, 4.69) is 15.0 Å². The molecule has 3 N–H and O–H groups in total. The Morgan fingerprint density at radius 3 is 2.41 bits per heavy atom. The van der Waals surface area contributed by atoms with Crippen LogP contribution in [0.4, 0.5) is 11.4 Å². The highest BCUT2D eigenvalue weighted by atomic mass is 35.5. The summed E-state index contributed by atoms with van der Waals surface area (Å²) in [7, 11) is -1.33. The Labute approximate surface area is 189 Å². The topological polar surface area (TPSA) is 127 Å². The van der Waals surface area contributed by atoms with Gasteiger partial charge in [-0.15, -0.1) is 0 Å². The lowest BCUT2D eigenvalue weighted by Gasteiger charge is -2.16. The Hall–Kier alpha value is -3.50. The lowest BCUT2D eigenvalue weighted by molar-refractivity contribution is 0.102. The number of hydrogen-bond donors (Lipinski definition) is 3. The normalized spacial score (nSPS) is 11.0. The van der Waals surface area contributed by atoms with Crippen LogP contribution in [-0.4, -0.2) is 33.5 Å². The second-order valence-electron chi connectivity index (χ2n) is 6.65. The lowest BCUT2D eigenvalue weighted by atomic mass is 10.1. The SMILES string of the molecule is COc1cc(OC)c(NS(=O)(=O)c2cc(C(=O)Nc3c[nH]ccc3=O)ccc2C)cc1Cl. The van der Waals surface area contributed by atoms with Crippen molar-refractivity contribution in [2.75, 3.05) is 24.3 Å². The molecule has 0 bridgehead atoms. The number of pyridine rings is 1. The van der Waals surface area contributed by atoms with Crippen LogP contribution >= 0.6 is 11.6 Å². The molecule has 0 spiro atoms.